The number of benzene rings is 1. The van der Waals surface area contributed by atoms with Gasteiger partial charge in [0.1, 0.15) is 5.75 Å². The Morgan fingerprint density at radius 1 is 1.35 bits per heavy atom. The number of amides is 1. The minimum atomic E-state index is -0.452. The summed E-state index contributed by atoms with van der Waals surface area (Å²) in [4.78, 5) is 11.4. The largest absolute Gasteiger partial charge is 0.497 e. The third-order valence-corrected chi connectivity index (χ3v) is 2.13. The fourth-order valence-corrected chi connectivity index (χ4v) is 1.09. The number of hydrogen-bond donors (Lipinski definition) is 2. The molecule has 0 aliphatic heterocycles. The van der Waals surface area contributed by atoms with Crippen molar-refractivity contribution >= 4 is 11.6 Å². The van der Waals surface area contributed by atoms with Crippen LogP contribution in [-0.4, -0.2) is 19.1 Å². The van der Waals surface area contributed by atoms with Gasteiger partial charge in [0.2, 0.25) is 5.91 Å². The molecular formula is C13H22N2O2. The molecule has 0 saturated heterocycles. The van der Waals surface area contributed by atoms with E-state index in [0.717, 1.165) is 11.4 Å². The Morgan fingerprint density at radius 3 is 2.29 bits per heavy atom. The maximum Gasteiger partial charge on any atom is 0.241 e. The van der Waals surface area contributed by atoms with Crippen molar-refractivity contribution in [2.24, 2.45) is 5.73 Å². The van der Waals surface area contributed by atoms with E-state index in [4.69, 9.17) is 10.5 Å². The van der Waals surface area contributed by atoms with Gasteiger partial charge < -0.3 is 15.8 Å². The van der Waals surface area contributed by atoms with Gasteiger partial charge in [-0.05, 0) is 30.7 Å². The van der Waals surface area contributed by atoms with Crippen molar-refractivity contribution in [1.29, 1.82) is 0 Å². The molecule has 1 atom stereocenters. The Bertz CT molecular complexity index is 323. The average Bonchev–Trinajstić information content (AvgIpc) is 2.40. The lowest BCUT2D eigenvalue weighted by atomic mass is 10.2. The molecular weight excluding hydrogens is 216 g/mol. The number of ether oxygens (including phenoxy) is 1. The molecule has 1 rings (SSSR count). The fraction of sp³-hybridized carbons (Fsp3) is 0.462. The van der Waals surface area contributed by atoms with Crippen molar-refractivity contribution in [3.8, 4) is 5.75 Å². The van der Waals surface area contributed by atoms with Gasteiger partial charge in [-0.15, -0.1) is 0 Å². The number of anilines is 1. The second-order valence-electron chi connectivity index (χ2n) is 3.23. The van der Waals surface area contributed by atoms with Crippen LogP contribution < -0.4 is 15.8 Å². The van der Waals surface area contributed by atoms with Crippen LogP contribution in [0.5, 0.6) is 5.75 Å². The van der Waals surface area contributed by atoms with Crippen molar-refractivity contribution in [3.63, 3.8) is 0 Å². The van der Waals surface area contributed by atoms with E-state index in [0.29, 0.717) is 6.42 Å². The van der Waals surface area contributed by atoms with Gasteiger partial charge in [-0.2, -0.15) is 0 Å². The van der Waals surface area contributed by atoms with Crippen molar-refractivity contribution < 1.29 is 9.53 Å². The first-order valence-corrected chi connectivity index (χ1v) is 5.88. The molecule has 4 nitrogen and oxygen atoms in total. The van der Waals surface area contributed by atoms with Crippen LogP contribution in [0.25, 0.3) is 0 Å². The molecule has 0 spiro atoms. The fourth-order valence-electron chi connectivity index (χ4n) is 1.09. The van der Waals surface area contributed by atoms with Crippen molar-refractivity contribution in [1.82, 2.24) is 0 Å². The van der Waals surface area contributed by atoms with E-state index in [1.807, 2.05) is 20.8 Å². The Morgan fingerprint density at radius 2 is 1.88 bits per heavy atom. The van der Waals surface area contributed by atoms with Crippen molar-refractivity contribution in [2.45, 2.75) is 33.2 Å². The lowest BCUT2D eigenvalue weighted by Gasteiger charge is -2.10. The molecule has 0 fully saturated rings. The third-order valence-electron chi connectivity index (χ3n) is 2.13. The Labute approximate surface area is 103 Å². The summed E-state index contributed by atoms with van der Waals surface area (Å²) >= 11 is 0. The second-order valence-corrected chi connectivity index (χ2v) is 3.23. The lowest BCUT2D eigenvalue weighted by Crippen LogP contribution is -2.34. The van der Waals surface area contributed by atoms with Crippen LogP contribution >= 0.6 is 0 Å². The van der Waals surface area contributed by atoms with Gasteiger partial charge >= 0.3 is 0 Å². The van der Waals surface area contributed by atoms with Gasteiger partial charge in [-0.25, -0.2) is 0 Å². The SMILES string of the molecule is CC.CCC(N)C(=O)Nc1ccc(OC)cc1. The molecule has 96 valence electrons. The molecule has 0 aliphatic rings. The van der Waals surface area contributed by atoms with Gasteiger partial charge in [0.25, 0.3) is 0 Å². The van der Waals surface area contributed by atoms with Gasteiger partial charge in [-0.3, -0.25) is 4.79 Å². The highest BCUT2D eigenvalue weighted by Crippen LogP contribution is 2.15. The number of rotatable bonds is 4. The van der Waals surface area contributed by atoms with E-state index in [9.17, 15) is 4.79 Å². The van der Waals surface area contributed by atoms with Gasteiger partial charge in [-0.1, -0.05) is 20.8 Å². The van der Waals surface area contributed by atoms with Crippen LogP contribution in [0.2, 0.25) is 0 Å². The zero-order valence-electron chi connectivity index (χ0n) is 11.0. The van der Waals surface area contributed by atoms with Crippen LogP contribution in [0, 0.1) is 0 Å². The summed E-state index contributed by atoms with van der Waals surface area (Å²) in [7, 11) is 1.60. The summed E-state index contributed by atoms with van der Waals surface area (Å²) in [5.74, 6) is 0.593. The molecule has 17 heavy (non-hydrogen) atoms. The molecule has 0 aromatic heterocycles. The number of carbonyl (C=O) groups excluding carboxylic acids is 1. The van der Waals surface area contributed by atoms with Crippen LogP contribution in [0.15, 0.2) is 24.3 Å². The number of carbonyl (C=O) groups is 1. The zero-order valence-corrected chi connectivity index (χ0v) is 11.0. The highest BCUT2D eigenvalue weighted by molar-refractivity contribution is 5.94. The lowest BCUT2D eigenvalue weighted by molar-refractivity contribution is -0.117. The smallest absolute Gasteiger partial charge is 0.241 e. The predicted molar refractivity (Wildman–Crippen MR) is 71.2 cm³/mol. The first-order valence-electron chi connectivity index (χ1n) is 5.88. The van der Waals surface area contributed by atoms with E-state index >= 15 is 0 Å². The maximum atomic E-state index is 11.4. The number of methoxy groups -OCH3 is 1. The van der Waals surface area contributed by atoms with Gasteiger partial charge in [0.05, 0.1) is 13.2 Å². The summed E-state index contributed by atoms with van der Waals surface area (Å²) in [6, 6.07) is 6.67. The topological polar surface area (TPSA) is 64.4 Å². The van der Waals surface area contributed by atoms with Crippen LogP contribution in [0.1, 0.15) is 27.2 Å². The van der Waals surface area contributed by atoms with Gasteiger partial charge in [0, 0.05) is 5.69 Å². The first-order chi connectivity index (χ1) is 8.17. The standard InChI is InChI=1S/C11H16N2O2.C2H6/c1-3-10(12)11(14)13-8-4-6-9(15-2)7-5-8;1-2/h4-7,10H,3,12H2,1-2H3,(H,13,14);1-2H3. The molecule has 1 aromatic rings. The van der Waals surface area contributed by atoms with E-state index in [-0.39, 0.29) is 5.91 Å². The van der Waals surface area contributed by atoms with E-state index < -0.39 is 6.04 Å². The van der Waals surface area contributed by atoms with Crippen LogP contribution in [-0.2, 0) is 4.79 Å². The molecule has 0 aliphatic carbocycles. The molecule has 4 heteroatoms. The third kappa shape index (κ3) is 5.36. The summed E-state index contributed by atoms with van der Waals surface area (Å²) in [6.07, 6.45) is 0.627. The molecule has 0 radical (unpaired) electrons. The highest BCUT2D eigenvalue weighted by Gasteiger charge is 2.10. The monoisotopic (exact) mass is 238 g/mol. The van der Waals surface area contributed by atoms with E-state index in [1.165, 1.54) is 0 Å². The number of nitrogens with two attached hydrogens (primary N) is 1. The molecule has 1 unspecified atom stereocenters. The number of nitrogens with one attached hydrogen (secondary N) is 1. The Balaban J connectivity index is 0.00000121. The summed E-state index contributed by atoms with van der Waals surface area (Å²) < 4.78 is 5.01. The van der Waals surface area contributed by atoms with Crippen molar-refractivity contribution in [2.75, 3.05) is 12.4 Å². The van der Waals surface area contributed by atoms with E-state index in [2.05, 4.69) is 5.32 Å². The predicted octanol–water partition coefficient (Wildman–Crippen LogP) is 2.40. The summed E-state index contributed by atoms with van der Waals surface area (Å²) in [5.41, 5.74) is 6.31. The van der Waals surface area contributed by atoms with Crippen LogP contribution in [0.4, 0.5) is 5.69 Å². The van der Waals surface area contributed by atoms with E-state index in [1.54, 1.807) is 31.4 Å². The van der Waals surface area contributed by atoms with Crippen molar-refractivity contribution in [3.05, 3.63) is 24.3 Å². The summed E-state index contributed by atoms with van der Waals surface area (Å²) in [5, 5.41) is 2.72. The normalized spacial score (nSPS) is 10.9. The first kappa shape index (κ1) is 15.4. The zero-order chi connectivity index (χ0) is 13.3. The number of hydrogen-bond acceptors (Lipinski definition) is 3. The molecule has 0 heterocycles. The van der Waals surface area contributed by atoms with Gasteiger partial charge in [0.15, 0.2) is 0 Å². The maximum absolute atomic E-state index is 11.4. The average molecular weight is 238 g/mol. The molecule has 0 saturated carbocycles. The molecule has 0 bridgehead atoms. The Hall–Kier alpha value is -1.55. The molecule has 3 N–H and O–H groups in total. The quantitative estimate of drug-likeness (QED) is 0.846. The highest BCUT2D eigenvalue weighted by atomic mass is 16.5. The minimum Gasteiger partial charge on any atom is -0.497 e. The summed E-state index contributed by atoms with van der Waals surface area (Å²) in [6.45, 7) is 5.87. The molecule has 1 amide bonds. The minimum absolute atomic E-state index is 0.164. The second kappa shape index (κ2) is 8.58. The molecule has 1 aromatic carbocycles. The van der Waals surface area contributed by atoms with Crippen LogP contribution in [0.3, 0.4) is 0 Å². The Kier molecular flexibility index (Phi) is 7.80.